The molecule has 0 spiro atoms. The molecule has 0 amide bonds. The standard InChI is InChI=1S/C15H26N2S/c1-10-8-6-5-7-9-14(10)16-11(2)15-12(3)18-13(4)17-15/h10-11,14,16H,5-9H2,1-4H3. The zero-order valence-electron chi connectivity index (χ0n) is 12.1. The van der Waals surface area contributed by atoms with E-state index in [9.17, 15) is 0 Å². The molecule has 0 aromatic carbocycles. The summed E-state index contributed by atoms with van der Waals surface area (Å²) >= 11 is 1.81. The van der Waals surface area contributed by atoms with Crippen LogP contribution in [0.25, 0.3) is 0 Å². The Hall–Kier alpha value is -0.410. The van der Waals surface area contributed by atoms with Crippen molar-refractivity contribution in [2.24, 2.45) is 5.92 Å². The molecule has 3 atom stereocenters. The van der Waals surface area contributed by atoms with Gasteiger partial charge in [0.15, 0.2) is 0 Å². The molecule has 2 rings (SSSR count). The maximum atomic E-state index is 4.68. The average Bonchev–Trinajstić information content (AvgIpc) is 2.52. The van der Waals surface area contributed by atoms with E-state index in [2.05, 4.69) is 38.0 Å². The molecule has 0 bridgehead atoms. The molecule has 1 aromatic heterocycles. The van der Waals surface area contributed by atoms with E-state index < -0.39 is 0 Å². The smallest absolute Gasteiger partial charge is 0.0900 e. The number of rotatable bonds is 3. The van der Waals surface area contributed by atoms with Crippen LogP contribution in [0.1, 0.15) is 67.6 Å². The van der Waals surface area contributed by atoms with Crippen LogP contribution in [-0.4, -0.2) is 11.0 Å². The van der Waals surface area contributed by atoms with E-state index in [0.29, 0.717) is 12.1 Å². The zero-order chi connectivity index (χ0) is 13.1. The lowest BCUT2D eigenvalue weighted by Gasteiger charge is -2.26. The van der Waals surface area contributed by atoms with E-state index in [4.69, 9.17) is 0 Å². The topological polar surface area (TPSA) is 24.9 Å². The Morgan fingerprint density at radius 3 is 2.61 bits per heavy atom. The van der Waals surface area contributed by atoms with E-state index in [1.807, 2.05) is 11.3 Å². The van der Waals surface area contributed by atoms with Gasteiger partial charge in [-0.25, -0.2) is 4.98 Å². The molecule has 1 fully saturated rings. The summed E-state index contributed by atoms with van der Waals surface area (Å²) in [5.41, 5.74) is 1.26. The molecule has 0 radical (unpaired) electrons. The molecule has 18 heavy (non-hydrogen) atoms. The highest BCUT2D eigenvalue weighted by Gasteiger charge is 2.23. The van der Waals surface area contributed by atoms with Gasteiger partial charge >= 0.3 is 0 Å². The van der Waals surface area contributed by atoms with E-state index in [1.54, 1.807) is 0 Å². The third kappa shape index (κ3) is 3.33. The molecule has 0 saturated heterocycles. The zero-order valence-corrected chi connectivity index (χ0v) is 12.9. The minimum Gasteiger partial charge on any atom is -0.306 e. The van der Waals surface area contributed by atoms with E-state index >= 15 is 0 Å². The van der Waals surface area contributed by atoms with Crippen molar-refractivity contribution in [1.82, 2.24) is 10.3 Å². The van der Waals surface area contributed by atoms with Crippen LogP contribution in [0.2, 0.25) is 0 Å². The second-order valence-corrected chi connectivity index (χ2v) is 7.19. The largest absolute Gasteiger partial charge is 0.306 e. The van der Waals surface area contributed by atoms with Crippen LogP contribution in [0.4, 0.5) is 0 Å². The molecular formula is C15H26N2S. The normalized spacial score (nSPS) is 26.9. The summed E-state index contributed by atoms with van der Waals surface area (Å²) in [5.74, 6) is 0.801. The van der Waals surface area contributed by atoms with Crippen molar-refractivity contribution in [3.63, 3.8) is 0 Å². The third-order valence-electron chi connectivity index (χ3n) is 4.18. The monoisotopic (exact) mass is 266 g/mol. The van der Waals surface area contributed by atoms with Gasteiger partial charge in [-0.2, -0.15) is 0 Å². The SMILES string of the molecule is Cc1nc(C(C)NC2CCCCCC2C)c(C)s1. The van der Waals surface area contributed by atoms with Crippen molar-refractivity contribution >= 4 is 11.3 Å². The van der Waals surface area contributed by atoms with Crippen molar-refractivity contribution in [3.05, 3.63) is 15.6 Å². The van der Waals surface area contributed by atoms with Crippen molar-refractivity contribution in [2.45, 2.75) is 71.9 Å². The van der Waals surface area contributed by atoms with Gasteiger partial charge < -0.3 is 5.32 Å². The summed E-state index contributed by atoms with van der Waals surface area (Å²) in [5, 5.41) is 5.01. The summed E-state index contributed by atoms with van der Waals surface area (Å²) in [7, 11) is 0. The first-order valence-electron chi connectivity index (χ1n) is 7.28. The first-order chi connectivity index (χ1) is 8.58. The van der Waals surface area contributed by atoms with Crippen LogP contribution in [0.5, 0.6) is 0 Å². The van der Waals surface area contributed by atoms with Gasteiger partial charge in [0.1, 0.15) is 0 Å². The third-order valence-corrected chi connectivity index (χ3v) is 5.08. The fraction of sp³-hybridized carbons (Fsp3) is 0.800. The second kappa shape index (κ2) is 6.16. The minimum atomic E-state index is 0.389. The predicted octanol–water partition coefficient (Wildman–Crippen LogP) is 4.38. The Morgan fingerprint density at radius 2 is 1.94 bits per heavy atom. The number of thiazole rings is 1. The molecule has 1 aliphatic rings. The first kappa shape index (κ1) is 14.0. The van der Waals surface area contributed by atoms with Gasteiger partial charge in [-0.05, 0) is 39.5 Å². The fourth-order valence-electron chi connectivity index (χ4n) is 3.09. The Balaban J connectivity index is 2.01. The first-order valence-corrected chi connectivity index (χ1v) is 8.09. The second-order valence-electron chi connectivity index (χ2n) is 5.78. The number of nitrogens with one attached hydrogen (secondary N) is 1. The van der Waals surface area contributed by atoms with Crippen molar-refractivity contribution in [2.75, 3.05) is 0 Å². The summed E-state index contributed by atoms with van der Waals surface area (Å²) in [6.07, 6.45) is 6.89. The van der Waals surface area contributed by atoms with Gasteiger partial charge in [-0.1, -0.05) is 26.2 Å². The molecule has 3 heteroatoms. The molecule has 1 saturated carbocycles. The van der Waals surface area contributed by atoms with Crippen LogP contribution < -0.4 is 5.32 Å². The van der Waals surface area contributed by atoms with Gasteiger partial charge in [-0.3, -0.25) is 0 Å². The quantitative estimate of drug-likeness (QED) is 0.821. The van der Waals surface area contributed by atoms with E-state index in [-0.39, 0.29) is 0 Å². The highest BCUT2D eigenvalue weighted by molar-refractivity contribution is 7.11. The number of nitrogens with zero attached hydrogens (tertiary/aromatic N) is 1. The summed E-state index contributed by atoms with van der Waals surface area (Å²) in [6.45, 7) is 8.95. The van der Waals surface area contributed by atoms with Crippen LogP contribution in [0.15, 0.2) is 0 Å². The predicted molar refractivity (Wildman–Crippen MR) is 79.2 cm³/mol. The van der Waals surface area contributed by atoms with Gasteiger partial charge in [0.25, 0.3) is 0 Å². The molecular weight excluding hydrogens is 240 g/mol. The van der Waals surface area contributed by atoms with Crippen LogP contribution in [0.3, 0.4) is 0 Å². The van der Waals surface area contributed by atoms with Crippen LogP contribution in [-0.2, 0) is 0 Å². The maximum Gasteiger partial charge on any atom is 0.0900 e. The van der Waals surface area contributed by atoms with Gasteiger partial charge in [0.05, 0.1) is 10.7 Å². The van der Waals surface area contributed by atoms with Crippen molar-refractivity contribution in [1.29, 1.82) is 0 Å². The van der Waals surface area contributed by atoms with Gasteiger partial charge in [-0.15, -0.1) is 11.3 Å². The number of aromatic nitrogens is 1. The Kier molecular flexibility index (Phi) is 4.79. The molecule has 1 aliphatic carbocycles. The summed E-state index contributed by atoms with van der Waals surface area (Å²) in [6, 6.07) is 1.06. The van der Waals surface area contributed by atoms with Crippen molar-refractivity contribution < 1.29 is 0 Å². The highest BCUT2D eigenvalue weighted by atomic mass is 32.1. The summed E-state index contributed by atoms with van der Waals surface area (Å²) in [4.78, 5) is 6.05. The van der Waals surface area contributed by atoms with Crippen LogP contribution >= 0.6 is 11.3 Å². The molecule has 3 unspecified atom stereocenters. The number of aryl methyl sites for hydroxylation is 2. The molecule has 102 valence electrons. The molecule has 1 heterocycles. The number of hydrogen-bond acceptors (Lipinski definition) is 3. The molecule has 0 aliphatic heterocycles. The Labute approximate surface area is 115 Å². The number of hydrogen-bond donors (Lipinski definition) is 1. The van der Waals surface area contributed by atoms with E-state index in [1.165, 1.54) is 47.7 Å². The fourth-order valence-corrected chi connectivity index (χ4v) is 4.00. The van der Waals surface area contributed by atoms with Crippen LogP contribution in [0, 0.1) is 19.8 Å². The van der Waals surface area contributed by atoms with Crippen molar-refractivity contribution in [3.8, 4) is 0 Å². The van der Waals surface area contributed by atoms with E-state index in [0.717, 1.165) is 5.92 Å². The highest BCUT2D eigenvalue weighted by Crippen LogP contribution is 2.27. The Morgan fingerprint density at radius 1 is 1.22 bits per heavy atom. The van der Waals surface area contributed by atoms with Gasteiger partial charge in [0, 0.05) is 17.0 Å². The maximum absolute atomic E-state index is 4.68. The van der Waals surface area contributed by atoms with Gasteiger partial charge in [0.2, 0.25) is 0 Å². The lowest BCUT2D eigenvalue weighted by molar-refractivity contribution is 0.328. The lowest BCUT2D eigenvalue weighted by Crippen LogP contribution is -2.36. The molecule has 2 nitrogen and oxygen atoms in total. The molecule has 1 N–H and O–H groups in total. The average molecular weight is 266 g/mol. The minimum absolute atomic E-state index is 0.389. The lowest BCUT2D eigenvalue weighted by atomic mass is 9.96. The molecule has 1 aromatic rings. The summed E-state index contributed by atoms with van der Waals surface area (Å²) < 4.78 is 0. The Bertz CT molecular complexity index is 386.